The molecule has 1 N–H and O–H groups in total. The molecule has 1 saturated heterocycles. The molecule has 0 radical (unpaired) electrons. The number of hydrogen-bond donors (Lipinski definition) is 1. The van der Waals surface area contributed by atoms with E-state index < -0.39 is 0 Å². The van der Waals surface area contributed by atoms with Gasteiger partial charge in [-0.1, -0.05) is 12.1 Å². The van der Waals surface area contributed by atoms with Gasteiger partial charge in [0.2, 0.25) is 5.95 Å². The quantitative estimate of drug-likeness (QED) is 0.911. The Labute approximate surface area is 117 Å². The molecule has 1 aromatic carbocycles. The first-order valence-electron chi connectivity index (χ1n) is 6.66. The average molecular weight is 274 g/mol. The van der Waals surface area contributed by atoms with Crippen molar-refractivity contribution in [2.45, 2.75) is 6.42 Å². The van der Waals surface area contributed by atoms with E-state index >= 15 is 0 Å². The van der Waals surface area contributed by atoms with Crippen LogP contribution in [0.1, 0.15) is 6.42 Å². The monoisotopic (exact) mass is 274 g/mol. The fourth-order valence-electron chi connectivity index (χ4n) is 2.37. The summed E-state index contributed by atoms with van der Waals surface area (Å²) in [4.78, 5) is 11.6. The molecule has 1 aliphatic heterocycles. The molecule has 0 saturated carbocycles. The molecule has 0 atom stereocenters. The molecule has 2 heterocycles. The van der Waals surface area contributed by atoms with Crippen LogP contribution in [0.3, 0.4) is 0 Å². The van der Waals surface area contributed by atoms with Crippen molar-refractivity contribution in [2.24, 2.45) is 0 Å². The normalized spacial score (nSPS) is 16.4. The summed E-state index contributed by atoms with van der Waals surface area (Å²) in [6.45, 7) is 2.14. The van der Waals surface area contributed by atoms with Crippen LogP contribution in [-0.4, -0.2) is 41.6 Å². The molecule has 1 aromatic heterocycles. The SMILES string of the molecule is CNc1nc(N2CCCSCC2)c2ccccc2n1. The molecule has 100 valence electrons. The van der Waals surface area contributed by atoms with Gasteiger partial charge < -0.3 is 10.2 Å². The van der Waals surface area contributed by atoms with Crippen molar-refractivity contribution in [3.05, 3.63) is 24.3 Å². The Kier molecular flexibility index (Phi) is 3.73. The van der Waals surface area contributed by atoms with Crippen LogP contribution in [0.2, 0.25) is 0 Å². The number of nitrogens with one attached hydrogen (secondary N) is 1. The zero-order valence-electron chi connectivity index (χ0n) is 11.1. The first-order valence-corrected chi connectivity index (χ1v) is 7.81. The Morgan fingerprint density at radius 1 is 1.16 bits per heavy atom. The maximum Gasteiger partial charge on any atom is 0.224 e. The van der Waals surface area contributed by atoms with Gasteiger partial charge in [0.05, 0.1) is 5.52 Å². The number of fused-ring (bicyclic) bond motifs is 1. The van der Waals surface area contributed by atoms with Gasteiger partial charge in [0.15, 0.2) is 0 Å². The van der Waals surface area contributed by atoms with Crippen molar-refractivity contribution in [2.75, 3.05) is 41.9 Å². The standard InChI is InChI=1S/C14H18N4S/c1-15-14-16-12-6-3-2-5-11(12)13(17-14)18-7-4-9-19-10-8-18/h2-3,5-6H,4,7-10H2,1H3,(H,15,16,17). The van der Waals surface area contributed by atoms with Crippen LogP contribution in [-0.2, 0) is 0 Å². The van der Waals surface area contributed by atoms with E-state index in [1.54, 1.807) is 0 Å². The van der Waals surface area contributed by atoms with Gasteiger partial charge in [-0.05, 0) is 24.3 Å². The Morgan fingerprint density at radius 2 is 2.05 bits per heavy atom. The first kappa shape index (κ1) is 12.5. The third kappa shape index (κ3) is 2.61. The molecule has 0 spiro atoms. The van der Waals surface area contributed by atoms with Crippen molar-refractivity contribution in [1.29, 1.82) is 0 Å². The Hall–Kier alpha value is -1.49. The summed E-state index contributed by atoms with van der Waals surface area (Å²) < 4.78 is 0. The maximum absolute atomic E-state index is 4.68. The lowest BCUT2D eigenvalue weighted by atomic mass is 10.2. The molecule has 19 heavy (non-hydrogen) atoms. The predicted octanol–water partition coefficient (Wildman–Crippen LogP) is 2.61. The van der Waals surface area contributed by atoms with Crippen LogP contribution in [0.15, 0.2) is 24.3 Å². The number of hydrogen-bond acceptors (Lipinski definition) is 5. The molecular formula is C14H18N4S. The number of rotatable bonds is 2. The lowest BCUT2D eigenvalue weighted by Gasteiger charge is -2.23. The van der Waals surface area contributed by atoms with Crippen LogP contribution in [0, 0.1) is 0 Å². The highest BCUT2D eigenvalue weighted by Crippen LogP contribution is 2.26. The van der Waals surface area contributed by atoms with Crippen LogP contribution in [0.25, 0.3) is 10.9 Å². The summed E-state index contributed by atoms with van der Waals surface area (Å²) in [6.07, 6.45) is 1.22. The van der Waals surface area contributed by atoms with Gasteiger partial charge >= 0.3 is 0 Å². The smallest absolute Gasteiger partial charge is 0.224 e. The number of anilines is 2. The van der Waals surface area contributed by atoms with Gasteiger partial charge in [-0.2, -0.15) is 16.7 Å². The van der Waals surface area contributed by atoms with E-state index in [2.05, 4.69) is 32.3 Å². The van der Waals surface area contributed by atoms with Crippen molar-refractivity contribution >= 4 is 34.4 Å². The van der Waals surface area contributed by atoms with Crippen molar-refractivity contribution < 1.29 is 0 Å². The van der Waals surface area contributed by atoms with E-state index in [-0.39, 0.29) is 0 Å². The Balaban J connectivity index is 2.09. The van der Waals surface area contributed by atoms with E-state index in [0.29, 0.717) is 5.95 Å². The van der Waals surface area contributed by atoms with Gasteiger partial charge in [0, 0.05) is 31.3 Å². The molecule has 4 nitrogen and oxygen atoms in total. The first-order chi connectivity index (χ1) is 9.38. The topological polar surface area (TPSA) is 41.1 Å². The second-order valence-electron chi connectivity index (χ2n) is 4.59. The fourth-order valence-corrected chi connectivity index (χ4v) is 3.26. The van der Waals surface area contributed by atoms with Gasteiger partial charge in [0.1, 0.15) is 5.82 Å². The van der Waals surface area contributed by atoms with Crippen molar-refractivity contribution in [1.82, 2.24) is 9.97 Å². The summed E-state index contributed by atoms with van der Waals surface area (Å²) in [5, 5.41) is 4.21. The maximum atomic E-state index is 4.68. The second kappa shape index (κ2) is 5.65. The van der Waals surface area contributed by atoms with E-state index in [4.69, 9.17) is 0 Å². The third-order valence-corrected chi connectivity index (χ3v) is 4.38. The van der Waals surface area contributed by atoms with E-state index in [1.165, 1.54) is 17.9 Å². The summed E-state index contributed by atoms with van der Waals surface area (Å²) in [5.41, 5.74) is 1.01. The number of nitrogens with zero attached hydrogens (tertiary/aromatic N) is 3. The minimum absolute atomic E-state index is 0.700. The van der Waals surface area contributed by atoms with E-state index in [0.717, 1.165) is 29.8 Å². The molecule has 0 unspecified atom stereocenters. The molecule has 0 aliphatic carbocycles. The predicted molar refractivity (Wildman–Crippen MR) is 83.2 cm³/mol. The minimum Gasteiger partial charge on any atom is -0.357 e. The number of benzene rings is 1. The molecular weight excluding hydrogens is 256 g/mol. The third-order valence-electron chi connectivity index (χ3n) is 3.33. The van der Waals surface area contributed by atoms with Gasteiger partial charge in [-0.25, -0.2) is 4.98 Å². The fraction of sp³-hybridized carbons (Fsp3) is 0.429. The van der Waals surface area contributed by atoms with Crippen molar-refractivity contribution in [3.63, 3.8) is 0 Å². The van der Waals surface area contributed by atoms with Gasteiger partial charge in [0.25, 0.3) is 0 Å². The largest absolute Gasteiger partial charge is 0.357 e. The highest BCUT2D eigenvalue weighted by Gasteiger charge is 2.15. The van der Waals surface area contributed by atoms with Crippen LogP contribution < -0.4 is 10.2 Å². The molecule has 0 amide bonds. The van der Waals surface area contributed by atoms with Gasteiger partial charge in [-0.15, -0.1) is 0 Å². The lowest BCUT2D eigenvalue weighted by Crippen LogP contribution is -2.27. The molecule has 5 heteroatoms. The Bertz CT molecular complexity index is 564. The highest BCUT2D eigenvalue weighted by molar-refractivity contribution is 7.99. The Morgan fingerprint density at radius 3 is 2.95 bits per heavy atom. The summed E-state index contributed by atoms with van der Waals surface area (Å²) in [5.74, 6) is 4.19. The molecule has 3 rings (SSSR count). The molecule has 0 bridgehead atoms. The number of aromatic nitrogens is 2. The lowest BCUT2D eigenvalue weighted by molar-refractivity contribution is 0.804. The molecule has 2 aromatic rings. The zero-order valence-corrected chi connectivity index (χ0v) is 11.9. The summed E-state index contributed by atoms with van der Waals surface area (Å²) in [7, 11) is 1.87. The average Bonchev–Trinajstić information content (AvgIpc) is 2.75. The van der Waals surface area contributed by atoms with Crippen LogP contribution in [0.5, 0.6) is 0 Å². The van der Waals surface area contributed by atoms with Crippen LogP contribution in [0.4, 0.5) is 11.8 Å². The zero-order chi connectivity index (χ0) is 13.1. The van der Waals surface area contributed by atoms with E-state index in [1.807, 2.05) is 30.9 Å². The molecule has 1 aliphatic rings. The van der Waals surface area contributed by atoms with E-state index in [9.17, 15) is 0 Å². The highest BCUT2D eigenvalue weighted by atomic mass is 32.2. The van der Waals surface area contributed by atoms with Gasteiger partial charge in [-0.3, -0.25) is 0 Å². The minimum atomic E-state index is 0.700. The number of thioether (sulfide) groups is 1. The number of para-hydroxylation sites is 1. The van der Waals surface area contributed by atoms with Crippen molar-refractivity contribution in [3.8, 4) is 0 Å². The summed E-state index contributed by atoms with van der Waals surface area (Å²) in [6, 6.07) is 8.24. The molecule has 1 fully saturated rings. The van der Waals surface area contributed by atoms with Crippen LogP contribution >= 0.6 is 11.8 Å². The second-order valence-corrected chi connectivity index (χ2v) is 5.82. The summed E-state index contributed by atoms with van der Waals surface area (Å²) >= 11 is 2.03.